The van der Waals surface area contributed by atoms with Gasteiger partial charge in [-0.25, -0.2) is 0 Å². The van der Waals surface area contributed by atoms with Gasteiger partial charge in [-0.05, 0) is 30.7 Å². The van der Waals surface area contributed by atoms with Gasteiger partial charge in [-0.3, -0.25) is 14.9 Å². The van der Waals surface area contributed by atoms with E-state index in [-0.39, 0.29) is 12.3 Å². The number of rotatable bonds is 5. The number of hydrogen-bond donors (Lipinski definition) is 0. The highest BCUT2D eigenvalue weighted by molar-refractivity contribution is 6.30. The number of nitro benzene ring substituents is 1. The van der Waals surface area contributed by atoms with Gasteiger partial charge in [-0.15, -0.1) is 0 Å². The maximum Gasteiger partial charge on any atom is 0.426 e. The first kappa shape index (κ1) is 21.2. The number of nitrogens with zero attached hydrogens (tertiary/aromatic N) is 1. The number of ether oxygens (including phenoxy) is 1. The Kier molecular flexibility index (Phi) is 5.61. The second kappa shape index (κ2) is 7.14. The summed E-state index contributed by atoms with van der Waals surface area (Å²) in [6.07, 6.45) is -3.82. The van der Waals surface area contributed by atoms with Crippen LogP contribution in [0.4, 0.5) is 18.9 Å². The molecule has 1 saturated carbocycles. The second-order valence-corrected chi connectivity index (χ2v) is 7.61. The standard InChI is InChI=1S/C18H19ClF3NO4/c1-9-5-6-13(23(25)26)10(2)11(9)8-27-16(24)15-12(17(15,3)4)7-14(19)18(20,21)22/h5-7,12,15H,8H2,1-4H3. The van der Waals surface area contributed by atoms with E-state index in [1.54, 1.807) is 33.8 Å². The third-order valence-corrected chi connectivity index (χ3v) is 5.46. The summed E-state index contributed by atoms with van der Waals surface area (Å²) in [6.45, 7) is 6.42. The number of carbonyl (C=O) groups is 1. The minimum Gasteiger partial charge on any atom is -0.461 e. The van der Waals surface area contributed by atoms with E-state index in [1.165, 1.54) is 6.07 Å². The fourth-order valence-electron chi connectivity index (χ4n) is 3.22. The van der Waals surface area contributed by atoms with E-state index in [1.807, 2.05) is 0 Å². The SMILES string of the molecule is Cc1ccc([N+](=O)[O-])c(C)c1COC(=O)C1C(C=C(Cl)C(F)(F)F)C1(C)C. The zero-order chi connectivity index (χ0) is 20.7. The molecule has 0 saturated heterocycles. The Morgan fingerprint density at radius 1 is 1.37 bits per heavy atom. The normalized spacial score (nSPS) is 21.7. The highest BCUT2D eigenvalue weighted by Gasteiger charge is 2.62. The number of allylic oxidation sites excluding steroid dienone is 2. The van der Waals surface area contributed by atoms with Crippen molar-refractivity contribution < 1.29 is 27.6 Å². The van der Waals surface area contributed by atoms with Gasteiger partial charge in [0.15, 0.2) is 0 Å². The number of esters is 1. The largest absolute Gasteiger partial charge is 0.461 e. The topological polar surface area (TPSA) is 69.4 Å². The second-order valence-electron chi connectivity index (χ2n) is 7.21. The molecule has 0 amide bonds. The van der Waals surface area contributed by atoms with Crippen molar-refractivity contribution in [3.63, 3.8) is 0 Å². The molecule has 9 heteroatoms. The molecule has 148 valence electrons. The number of alkyl halides is 3. The van der Waals surface area contributed by atoms with Crippen LogP contribution in [0.25, 0.3) is 0 Å². The highest BCUT2D eigenvalue weighted by atomic mass is 35.5. The molecule has 5 nitrogen and oxygen atoms in total. The van der Waals surface area contributed by atoms with E-state index in [0.29, 0.717) is 11.1 Å². The maximum atomic E-state index is 12.6. The molecule has 0 spiro atoms. The molecule has 27 heavy (non-hydrogen) atoms. The summed E-state index contributed by atoms with van der Waals surface area (Å²) in [4.78, 5) is 22.9. The molecule has 1 aliphatic rings. The van der Waals surface area contributed by atoms with Crippen molar-refractivity contribution in [1.82, 2.24) is 0 Å². The van der Waals surface area contributed by atoms with E-state index in [0.717, 1.165) is 11.6 Å². The van der Waals surface area contributed by atoms with Crippen molar-refractivity contribution in [2.24, 2.45) is 17.3 Å². The van der Waals surface area contributed by atoms with Crippen LogP contribution in [0.5, 0.6) is 0 Å². The predicted molar refractivity (Wildman–Crippen MR) is 93.1 cm³/mol. The molecule has 0 bridgehead atoms. The summed E-state index contributed by atoms with van der Waals surface area (Å²) in [5.74, 6) is -2.10. The van der Waals surface area contributed by atoms with Gasteiger partial charge in [0.2, 0.25) is 0 Å². The molecule has 0 heterocycles. The highest BCUT2D eigenvalue weighted by Crippen LogP contribution is 2.60. The van der Waals surface area contributed by atoms with Gasteiger partial charge in [0, 0.05) is 17.2 Å². The molecular weight excluding hydrogens is 387 g/mol. The molecule has 0 aromatic heterocycles. The fourth-order valence-corrected chi connectivity index (χ4v) is 3.36. The van der Waals surface area contributed by atoms with Crippen LogP contribution < -0.4 is 0 Å². The Labute approximate surface area is 159 Å². The van der Waals surface area contributed by atoms with Gasteiger partial charge in [0.05, 0.1) is 10.8 Å². The molecule has 2 unspecified atom stereocenters. The van der Waals surface area contributed by atoms with Gasteiger partial charge in [-0.1, -0.05) is 37.6 Å². The fraction of sp³-hybridized carbons (Fsp3) is 0.500. The van der Waals surface area contributed by atoms with Crippen molar-refractivity contribution in [1.29, 1.82) is 0 Å². The first-order chi connectivity index (χ1) is 12.3. The van der Waals surface area contributed by atoms with Crippen molar-refractivity contribution in [3.05, 3.63) is 50.0 Å². The van der Waals surface area contributed by atoms with Crippen LogP contribution in [0.3, 0.4) is 0 Å². The maximum absolute atomic E-state index is 12.6. The van der Waals surface area contributed by atoms with Crippen LogP contribution in [0.15, 0.2) is 23.2 Å². The van der Waals surface area contributed by atoms with E-state index >= 15 is 0 Å². The molecule has 0 aliphatic heterocycles. The smallest absolute Gasteiger partial charge is 0.426 e. The van der Waals surface area contributed by atoms with Crippen molar-refractivity contribution in [3.8, 4) is 0 Å². The summed E-state index contributed by atoms with van der Waals surface area (Å²) < 4.78 is 43.1. The Morgan fingerprint density at radius 2 is 1.96 bits per heavy atom. The predicted octanol–water partition coefficient (Wildman–Crippen LogP) is 5.21. The third kappa shape index (κ3) is 4.26. The molecule has 1 fully saturated rings. The summed E-state index contributed by atoms with van der Waals surface area (Å²) >= 11 is 5.27. The van der Waals surface area contributed by atoms with Gasteiger partial charge in [0.1, 0.15) is 11.6 Å². The Bertz CT molecular complexity index is 818. The molecule has 0 radical (unpaired) electrons. The van der Waals surface area contributed by atoms with Crippen molar-refractivity contribution in [2.45, 2.75) is 40.5 Å². The van der Waals surface area contributed by atoms with E-state index in [4.69, 9.17) is 16.3 Å². The lowest BCUT2D eigenvalue weighted by atomic mass is 10.0. The van der Waals surface area contributed by atoms with Crippen LogP contribution >= 0.6 is 11.6 Å². The summed E-state index contributed by atoms with van der Waals surface area (Å²) in [6, 6.07) is 2.93. The Balaban J connectivity index is 2.14. The zero-order valence-corrected chi connectivity index (χ0v) is 15.9. The number of benzene rings is 1. The number of halogens is 4. The first-order valence-corrected chi connectivity index (χ1v) is 8.51. The molecule has 2 rings (SSSR count). The van der Waals surface area contributed by atoms with Gasteiger partial charge in [-0.2, -0.15) is 13.2 Å². The third-order valence-electron chi connectivity index (χ3n) is 5.12. The van der Waals surface area contributed by atoms with Gasteiger partial charge >= 0.3 is 12.1 Å². The van der Waals surface area contributed by atoms with Crippen LogP contribution in [-0.2, 0) is 16.1 Å². The van der Waals surface area contributed by atoms with Crippen LogP contribution in [0.2, 0.25) is 0 Å². The zero-order valence-electron chi connectivity index (χ0n) is 15.2. The summed E-state index contributed by atoms with van der Waals surface area (Å²) in [5.41, 5.74) is 0.819. The van der Waals surface area contributed by atoms with Gasteiger partial charge < -0.3 is 4.74 Å². The van der Waals surface area contributed by atoms with Gasteiger partial charge in [0.25, 0.3) is 5.69 Å². The summed E-state index contributed by atoms with van der Waals surface area (Å²) in [7, 11) is 0. The number of carbonyl (C=O) groups excluding carboxylic acids is 1. The molecule has 2 atom stereocenters. The van der Waals surface area contributed by atoms with E-state index in [9.17, 15) is 28.1 Å². The average Bonchev–Trinajstić information content (AvgIpc) is 3.06. The Hall–Kier alpha value is -2.09. The first-order valence-electron chi connectivity index (χ1n) is 8.13. The average molecular weight is 406 g/mol. The minimum absolute atomic E-state index is 0.0869. The number of aryl methyl sites for hydroxylation is 1. The van der Waals surface area contributed by atoms with Crippen molar-refractivity contribution >= 4 is 23.3 Å². The molecule has 0 N–H and O–H groups in total. The molecule has 1 aliphatic carbocycles. The Morgan fingerprint density at radius 3 is 2.48 bits per heavy atom. The molecular formula is C18H19ClF3NO4. The lowest BCUT2D eigenvalue weighted by Crippen LogP contribution is -2.12. The van der Waals surface area contributed by atoms with Crippen molar-refractivity contribution in [2.75, 3.05) is 0 Å². The lowest BCUT2D eigenvalue weighted by molar-refractivity contribution is -0.385. The van der Waals surface area contributed by atoms with E-state index < -0.39 is 39.4 Å². The van der Waals surface area contributed by atoms with Crippen LogP contribution in [0.1, 0.15) is 30.5 Å². The number of hydrogen-bond acceptors (Lipinski definition) is 4. The van der Waals surface area contributed by atoms with Crippen LogP contribution in [0, 0.1) is 41.2 Å². The monoisotopic (exact) mass is 405 g/mol. The molecule has 1 aromatic rings. The van der Waals surface area contributed by atoms with Crippen LogP contribution in [-0.4, -0.2) is 17.1 Å². The summed E-state index contributed by atoms with van der Waals surface area (Å²) in [5, 5.41) is 9.78. The molecule has 1 aromatic carbocycles. The number of nitro groups is 1. The quantitative estimate of drug-likeness (QED) is 0.383. The lowest BCUT2D eigenvalue weighted by Gasteiger charge is -2.11. The minimum atomic E-state index is -4.66. The van der Waals surface area contributed by atoms with E-state index in [2.05, 4.69) is 0 Å².